The van der Waals surface area contributed by atoms with E-state index in [-0.39, 0.29) is 0 Å². The van der Waals surface area contributed by atoms with Crippen molar-refractivity contribution in [3.05, 3.63) is 22.7 Å². The lowest BCUT2D eigenvalue weighted by Crippen LogP contribution is -2.34. The first kappa shape index (κ1) is 12.0. The maximum Gasteiger partial charge on any atom is 0.115 e. The fourth-order valence-corrected chi connectivity index (χ4v) is 2.31. The van der Waals surface area contributed by atoms with Crippen LogP contribution in [0.2, 0.25) is 0 Å². The van der Waals surface area contributed by atoms with Crippen LogP contribution in [0.4, 0.5) is 0 Å². The summed E-state index contributed by atoms with van der Waals surface area (Å²) in [5.41, 5.74) is 1.12. The van der Waals surface area contributed by atoms with Crippen molar-refractivity contribution < 1.29 is 0 Å². The van der Waals surface area contributed by atoms with Gasteiger partial charge in [0.2, 0.25) is 0 Å². The number of aromatic nitrogens is 2. The van der Waals surface area contributed by atoms with Crippen molar-refractivity contribution in [3.8, 4) is 0 Å². The molecule has 1 fully saturated rings. The molecule has 0 bridgehead atoms. The van der Waals surface area contributed by atoms with Crippen molar-refractivity contribution in [2.75, 3.05) is 6.54 Å². The molecule has 1 unspecified atom stereocenters. The van der Waals surface area contributed by atoms with Crippen LogP contribution in [-0.4, -0.2) is 22.6 Å². The van der Waals surface area contributed by atoms with Gasteiger partial charge in [0.15, 0.2) is 0 Å². The zero-order valence-corrected chi connectivity index (χ0v) is 11.2. The molecule has 1 aromatic heterocycles. The molecule has 88 valence electrons. The van der Waals surface area contributed by atoms with E-state index in [0.29, 0.717) is 6.04 Å². The highest BCUT2D eigenvalue weighted by atomic mass is 79.9. The molecular weight excluding hydrogens is 266 g/mol. The summed E-state index contributed by atoms with van der Waals surface area (Å²) < 4.78 is 1.03. The van der Waals surface area contributed by atoms with Gasteiger partial charge in [-0.25, -0.2) is 9.97 Å². The van der Waals surface area contributed by atoms with Gasteiger partial charge in [-0.05, 0) is 47.7 Å². The third-order valence-electron chi connectivity index (χ3n) is 3.00. The smallest absolute Gasteiger partial charge is 0.115 e. The molecule has 1 N–H and O–H groups in total. The SMILES string of the molecule is CCCNC(Cc1ncncc1Br)C1CC1. The molecule has 1 aromatic rings. The maximum atomic E-state index is 4.34. The van der Waals surface area contributed by atoms with Crippen LogP contribution in [0.3, 0.4) is 0 Å². The Hall–Kier alpha value is -0.480. The van der Waals surface area contributed by atoms with E-state index in [4.69, 9.17) is 0 Å². The molecule has 0 spiro atoms. The molecule has 1 atom stereocenters. The van der Waals surface area contributed by atoms with Crippen LogP contribution in [0.25, 0.3) is 0 Å². The van der Waals surface area contributed by atoms with Crippen molar-refractivity contribution in [1.82, 2.24) is 15.3 Å². The lowest BCUT2D eigenvalue weighted by molar-refractivity contribution is 0.455. The molecule has 0 saturated heterocycles. The molecule has 1 aliphatic rings. The van der Waals surface area contributed by atoms with Crippen molar-refractivity contribution in [2.45, 2.75) is 38.6 Å². The zero-order valence-electron chi connectivity index (χ0n) is 9.62. The summed E-state index contributed by atoms with van der Waals surface area (Å²) in [6, 6.07) is 0.589. The molecule has 1 saturated carbocycles. The van der Waals surface area contributed by atoms with E-state index in [9.17, 15) is 0 Å². The Morgan fingerprint density at radius 1 is 1.56 bits per heavy atom. The first-order chi connectivity index (χ1) is 7.81. The van der Waals surface area contributed by atoms with Gasteiger partial charge >= 0.3 is 0 Å². The third kappa shape index (κ3) is 3.25. The third-order valence-corrected chi connectivity index (χ3v) is 3.67. The van der Waals surface area contributed by atoms with E-state index in [0.717, 1.165) is 29.1 Å². The van der Waals surface area contributed by atoms with Crippen LogP contribution >= 0.6 is 15.9 Å². The first-order valence-electron chi connectivity index (χ1n) is 5.99. The van der Waals surface area contributed by atoms with E-state index in [1.807, 2.05) is 6.20 Å². The fourth-order valence-electron chi connectivity index (χ4n) is 1.93. The van der Waals surface area contributed by atoms with Gasteiger partial charge in [-0.2, -0.15) is 0 Å². The molecule has 4 heteroatoms. The van der Waals surface area contributed by atoms with Crippen LogP contribution in [0, 0.1) is 5.92 Å². The van der Waals surface area contributed by atoms with Crippen molar-refractivity contribution in [3.63, 3.8) is 0 Å². The molecule has 0 amide bonds. The fraction of sp³-hybridized carbons (Fsp3) is 0.667. The number of hydrogen-bond acceptors (Lipinski definition) is 3. The Morgan fingerprint density at radius 3 is 3.00 bits per heavy atom. The number of nitrogens with zero attached hydrogens (tertiary/aromatic N) is 2. The van der Waals surface area contributed by atoms with Gasteiger partial charge in [0.25, 0.3) is 0 Å². The standard InChI is InChI=1S/C12H18BrN3/c1-2-5-15-11(9-3-4-9)6-12-10(13)7-14-8-16-12/h7-9,11,15H,2-6H2,1H3. The Balaban J connectivity index is 1.97. The minimum Gasteiger partial charge on any atom is -0.313 e. The minimum atomic E-state index is 0.589. The summed E-state index contributed by atoms with van der Waals surface area (Å²) in [4.78, 5) is 8.33. The number of nitrogens with one attached hydrogen (secondary N) is 1. The summed E-state index contributed by atoms with van der Waals surface area (Å²) in [7, 11) is 0. The van der Waals surface area contributed by atoms with Gasteiger partial charge in [-0.15, -0.1) is 0 Å². The Kier molecular flexibility index (Phi) is 4.29. The van der Waals surface area contributed by atoms with Crippen LogP contribution in [0.5, 0.6) is 0 Å². The largest absolute Gasteiger partial charge is 0.313 e. The highest BCUT2D eigenvalue weighted by Gasteiger charge is 2.31. The summed E-state index contributed by atoms with van der Waals surface area (Å²) in [5.74, 6) is 0.855. The summed E-state index contributed by atoms with van der Waals surface area (Å²) in [6.45, 7) is 3.31. The predicted molar refractivity (Wildman–Crippen MR) is 68.2 cm³/mol. The molecule has 2 rings (SSSR count). The molecule has 16 heavy (non-hydrogen) atoms. The van der Waals surface area contributed by atoms with E-state index < -0.39 is 0 Å². The van der Waals surface area contributed by atoms with E-state index in [1.165, 1.54) is 19.3 Å². The van der Waals surface area contributed by atoms with Crippen LogP contribution in [0.15, 0.2) is 17.0 Å². The summed E-state index contributed by atoms with van der Waals surface area (Å²) in [6.07, 6.45) is 8.38. The summed E-state index contributed by atoms with van der Waals surface area (Å²) >= 11 is 3.51. The molecular formula is C12H18BrN3. The minimum absolute atomic E-state index is 0.589. The predicted octanol–water partition coefficient (Wildman–Crippen LogP) is 2.56. The van der Waals surface area contributed by atoms with Gasteiger partial charge in [0.1, 0.15) is 6.33 Å². The highest BCUT2D eigenvalue weighted by Crippen LogP contribution is 2.34. The van der Waals surface area contributed by atoms with Crippen molar-refractivity contribution >= 4 is 15.9 Å². The molecule has 0 aromatic carbocycles. The molecule has 1 aliphatic carbocycles. The monoisotopic (exact) mass is 283 g/mol. The normalized spacial score (nSPS) is 17.4. The second-order valence-electron chi connectivity index (χ2n) is 4.42. The van der Waals surface area contributed by atoms with E-state index >= 15 is 0 Å². The quantitative estimate of drug-likeness (QED) is 0.872. The van der Waals surface area contributed by atoms with Gasteiger partial charge < -0.3 is 5.32 Å². The number of hydrogen-bond donors (Lipinski definition) is 1. The Bertz CT molecular complexity index is 339. The highest BCUT2D eigenvalue weighted by molar-refractivity contribution is 9.10. The topological polar surface area (TPSA) is 37.8 Å². The van der Waals surface area contributed by atoms with Gasteiger partial charge in [0.05, 0.1) is 10.2 Å². The Morgan fingerprint density at radius 2 is 2.38 bits per heavy atom. The average molecular weight is 284 g/mol. The van der Waals surface area contributed by atoms with Crippen LogP contribution < -0.4 is 5.32 Å². The van der Waals surface area contributed by atoms with Gasteiger partial charge in [0, 0.05) is 18.7 Å². The van der Waals surface area contributed by atoms with E-state index in [1.54, 1.807) is 6.33 Å². The lowest BCUT2D eigenvalue weighted by Gasteiger charge is -2.17. The number of rotatable bonds is 6. The average Bonchev–Trinajstić information content (AvgIpc) is 3.10. The molecule has 0 radical (unpaired) electrons. The zero-order chi connectivity index (χ0) is 11.4. The van der Waals surface area contributed by atoms with Crippen molar-refractivity contribution in [1.29, 1.82) is 0 Å². The molecule has 0 aliphatic heterocycles. The maximum absolute atomic E-state index is 4.34. The number of halogens is 1. The Labute approximate surface area is 105 Å². The van der Waals surface area contributed by atoms with Gasteiger partial charge in [-0.1, -0.05) is 6.92 Å². The van der Waals surface area contributed by atoms with Crippen LogP contribution in [0.1, 0.15) is 31.9 Å². The molecule has 3 nitrogen and oxygen atoms in total. The second kappa shape index (κ2) is 5.73. The van der Waals surface area contributed by atoms with E-state index in [2.05, 4.69) is 38.1 Å². The lowest BCUT2D eigenvalue weighted by atomic mass is 10.1. The first-order valence-corrected chi connectivity index (χ1v) is 6.78. The second-order valence-corrected chi connectivity index (χ2v) is 5.27. The van der Waals surface area contributed by atoms with Crippen molar-refractivity contribution in [2.24, 2.45) is 5.92 Å². The van der Waals surface area contributed by atoms with Crippen LogP contribution in [-0.2, 0) is 6.42 Å². The summed E-state index contributed by atoms with van der Waals surface area (Å²) in [5, 5.41) is 3.63. The molecule has 1 heterocycles. The van der Waals surface area contributed by atoms with Gasteiger partial charge in [-0.3, -0.25) is 0 Å².